The molecule has 1 nitrogen and oxygen atoms in total. The van der Waals surface area contributed by atoms with Gasteiger partial charge in [0.2, 0.25) is 0 Å². The van der Waals surface area contributed by atoms with E-state index in [2.05, 4.69) is 27.7 Å². The Morgan fingerprint density at radius 1 is 0.933 bits per heavy atom. The minimum atomic E-state index is 0.290. The molecule has 0 aromatic carbocycles. The first-order valence-corrected chi connectivity index (χ1v) is 6.55. The van der Waals surface area contributed by atoms with Gasteiger partial charge in [0.1, 0.15) is 0 Å². The smallest absolute Gasteiger partial charge is 0.0619 e. The molecular weight excluding hydrogens is 184 g/mol. The second kappa shape index (κ2) is 8.15. The summed E-state index contributed by atoms with van der Waals surface area (Å²) in [4.78, 5) is 0. The second-order valence-corrected chi connectivity index (χ2v) is 5.65. The Bertz CT molecular complexity index is 135. The van der Waals surface area contributed by atoms with E-state index in [0.717, 1.165) is 0 Å². The lowest BCUT2D eigenvalue weighted by atomic mass is 9.86. The van der Waals surface area contributed by atoms with E-state index in [1.54, 1.807) is 0 Å². The van der Waals surface area contributed by atoms with Crippen molar-refractivity contribution in [3.05, 3.63) is 0 Å². The van der Waals surface area contributed by atoms with E-state index in [4.69, 9.17) is 4.74 Å². The van der Waals surface area contributed by atoms with E-state index in [0.29, 0.717) is 6.10 Å². The zero-order valence-corrected chi connectivity index (χ0v) is 11.4. The SMILES string of the molecule is CCCCCCCCC(OC)C(C)(C)C. The van der Waals surface area contributed by atoms with Crippen LogP contribution in [0.4, 0.5) is 0 Å². The van der Waals surface area contributed by atoms with Crippen LogP contribution in [0.1, 0.15) is 72.6 Å². The Morgan fingerprint density at radius 3 is 1.93 bits per heavy atom. The fraction of sp³-hybridized carbons (Fsp3) is 1.00. The Labute approximate surface area is 96.6 Å². The van der Waals surface area contributed by atoms with E-state index < -0.39 is 0 Å². The summed E-state index contributed by atoms with van der Waals surface area (Å²) in [6.07, 6.45) is 9.86. The number of methoxy groups -OCH3 is 1. The van der Waals surface area contributed by atoms with Gasteiger partial charge in [-0.15, -0.1) is 0 Å². The molecule has 0 bridgehead atoms. The highest BCUT2D eigenvalue weighted by molar-refractivity contribution is 4.73. The van der Waals surface area contributed by atoms with Gasteiger partial charge in [-0.05, 0) is 11.8 Å². The maximum Gasteiger partial charge on any atom is 0.0619 e. The van der Waals surface area contributed by atoms with Crippen molar-refractivity contribution in [2.75, 3.05) is 7.11 Å². The molecule has 92 valence electrons. The Hall–Kier alpha value is -0.0400. The lowest BCUT2D eigenvalue weighted by Crippen LogP contribution is -2.28. The van der Waals surface area contributed by atoms with E-state index in [1.165, 1.54) is 44.9 Å². The molecule has 15 heavy (non-hydrogen) atoms. The molecule has 0 amide bonds. The minimum Gasteiger partial charge on any atom is -0.381 e. The van der Waals surface area contributed by atoms with E-state index >= 15 is 0 Å². The van der Waals surface area contributed by atoms with Crippen LogP contribution in [0.3, 0.4) is 0 Å². The van der Waals surface area contributed by atoms with Gasteiger partial charge in [-0.2, -0.15) is 0 Å². The predicted molar refractivity (Wildman–Crippen MR) is 68.2 cm³/mol. The standard InChI is InChI=1S/C14H30O/c1-6-7-8-9-10-11-12-13(15-5)14(2,3)4/h13H,6-12H2,1-5H3. The summed E-state index contributed by atoms with van der Waals surface area (Å²) >= 11 is 0. The molecular formula is C14H30O. The molecule has 0 aliphatic heterocycles. The highest BCUT2D eigenvalue weighted by Crippen LogP contribution is 2.26. The van der Waals surface area contributed by atoms with Gasteiger partial charge in [-0.3, -0.25) is 0 Å². The summed E-state index contributed by atoms with van der Waals surface area (Å²) in [6, 6.07) is 0. The fourth-order valence-corrected chi connectivity index (χ4v) is 2.01. The molecule has 0 aromatic rings. The summed E-state index contributed by atoms with van der Waals surface area (Å²) in [5, 5.41) is 0. The third-order valence-electron chi connectivity index (χ3n) is 3.07. The fourth-order valence-electron chi connectivity index (χ4n) is 2.01. The van der Waals surface area contributed by atoms with Crippen LogP contribution in [0.5, 0.6) is 0 Å². The Balaban J connectivity index is 3.48. The van der Waals surface area contributed by atoms with Crippen molar-refractivity contribution >= 4 is 0 Å². The zero-order chi connectivity index (χ0) is 11.7. The molecule has 0 aliphatic carbocycles. The highest BCUT2D eigenvalue weighted by atomic mass is 16.5. The van der Waals surface area contributed by atoms with Crippen LogP contribution in [0.2, 0.25) is 0 Å². The lowest BCUT2D eigenvalue weighted by Gasteiger charge is -2.29. The normalized spacial score (nSPS) is 14.2. The van der Waals surface area contributed by atoms with E-state index in [9.17, 15) is 0 Å². The first-order chi connectivity index (χ1) is 7.02. The predicted octanol–water partition coefficient (Wildman–Crippen LogP) is 4.80. The summed E-state index contributed by atoms with van der Waals surface area (Å²) in [5.41, 5.74) is 0.290. The monoisotopic (exact) mass is 214 g/mol. The third kappa shape index (κ3) is 7.84. The molecule has 0 radical (unpaired) electrons. The molecule has 0 heterocycles. The molecule has 0 aromatic heterocycles. The maximum absolute atomic E-state index is 5.54. The maximum atomic E-state index is 5.54. The molecule has 0 saturated carbocycles. The van der Waals surface area contributed by atoms with Crippen molar-refractivity contribution in [2.24, 2.45) is 5.41 Å². The zero-order valence-electron chi connectivity index (χ0n) is 11.4. The van der Waals surface area contributed by atoms with Gasteiger partial charge in [0.05, 0.1) is 6.10 Å². The average molecular weight is 214 g/mol. The third-order valence-corrected chi connectivity index (χ3v) is 3.07. The summed E-state index contributed by atoms with van der Waals surface area (Å²) in [5.74, 6) is 0. The van der Waals surface area contributed by atoms with Crippen molar-refractivity contribution in [1.82, 2.24) is 0 Å². The Morgan fingerprint density at radius 2 is 1.47 bits per heavy atom. The molecule has 0 N–H and O–H groups in total. The largest absolute Gasteiger partial charge is 0.381 e. The number of rotatable bonds is 8. The van der Waals surface area contributed by atoms with Gasteiger partial charge in [-0.1, -0.05) is 66.2 Å². The molecule has 0 spiro atoms. The average Bonchev–Trinajstić information content (AvgIpc) is 2.15. The van der Waals surface area contributed by atoms with Gasteiger partial charge in [0, 0.05) is 7.11 Å². The van der Waals surface area contributed by atoms with Crippen LogP contribution >= 0.6 is 0 Å². The molecule has 0 aliphatic rings. The van der Waals surface area contributed by atoms with Crippen molar-refractivity contribution in [3.8, 4) is 0 Å². The quantitative estimate of drug-likeness (QED) is 0.527. The highest BCUT2D eigenvalue weighted by Gasteiger charge is 2.23. The molecule has 0 saturated heterocycles. The Kier molecular flexibility index (Phi) is 8.13. The number of hydrogen-bond donors (Lipinski definition) is 0. The van der Waals surface area contributed by atoms with Crippen LogP contribution in [-0.4, -0.2) is 13.2 Å². The van der Waals surface area contributed by atoms with Crippen LogP contribution in [0, 0.1) is 5.41 Å². The van der Waals surface area contributed by atoms with Crippen molar-refractivity contribution in [2.45, 2.75) is 78.7 Å². The molecule has 0 fully saturated rings. The van der Waals surface area contributed by atoms with Crippen LogP contribution in [-0.2, 0) is 4.74 Å². The van der Waals surface area contributed by atoms with Gasteiger partial charge >= 0.3 is 0 Å². The first-order valence-electron chi connectivity index (χ1n) is 6.55. The lowest BCUT2D eigenvalue weighted by molar-refractivity contribution is 0.00900. The van der Waals surface area contributed by atoms with Crippen LogP contribution in [0.25, 0.3) is 0 Å². The number of hydrogen-bond acceptors (Lipinski definition) is 1. The molecule has 1 heteroatoms. The van der Waals surface area contributed by atoms with Gasteiger partial charge < -0.3 is 4.74 Å². The molecule has 1 unspecified atom stereocenters. The van der Waals surface area contributed by atoms with Gasteiger partial charge in [0.15, 0.2) is 0 Å². The van der Waals surface area contributed by atoms with E-state index in [-0.39, 0.29) is 5.41 Å². The van der Waals surface area contributed by atoms with E-state index in [1.807, 2.05) is 7.11 Å². The van der Waals surface area contributed by atoms with Gasteiger partial charge in [-0.25, -0.2) is 0 Å². The van der Waals surface area contributed by atoms with Gasteiger partial charge in [0.25, 0.3) is 0 Å². The van der Waals surface area contributed by atoms with Crippen molar-refractivity contribution in [3.63, 3.8) is 0 Å². The van der Waals surface area contributed by atoms with Crippen LogP contribution < -0.4 is 0 Å². The number of ether oxygens (including phenoxy) is 1. The minimum absolute atomic E-state index is 0.290. The molecule has 1 atom stereocenters. The second-order valence-electron chi connectivity index (χ2n) is 5.65. The number of unbranched alkanes of at least 4 members (excludes halogenated alkanes) is 5. The summed E-state index contributed by atoms with van der Waals surface area (Å²) in [7, 11) is 1.84. The van der Waals surface area contributed by atoms with Crippen LogP contribution in [0.15, 0.2) is 0 Å². The topological polar surface area (TPSA) is 9.23 Å². The van der Waals surface area contributed by atoms with Crippen molar-refractivity contribution in [1.29, 1.82) is 0 Å². The van der Waals surface area contributed by atoms with Crippen molar-refractivity contribution < 1.29 is 4.74 Å². The first kappa shape index (κ1) is 15.0. The summed E-state index contributed by atoms with van der Waals surface area (Å²) < 4.78 is 5.54. The molecule has 0 rings (SSSR count). The summed E-state index contributed by atoms with van der Waals surface area (Å²) in [6.45, 7) is 9.05.